The molecule has 1 aromatic carbocycles. The first-order valence-electron chi connectivity index (χ1n) is 7.75. The van der Waals surface area contributed by atoms with Crippen molar-refractivity contribution < 1.29 is 9.21 Å². The molecular formula is C17H19N3O2S. The predicted molar refractivity (Wildman–Crippen MR) is 92.1 cm³/mol. The summed E-state index contributed by atoms with van der Waals surface area (Å²) in [4.78, 5) is 12.3. The molecule has 0 aliphatic rings. The van der Waals surface area contributed by atoms with Crippen LogP contribution in [0.25, 0.3) is 11.0 Å². The summed E-state index contributed by atoms with van der Waals surface area (Å²) in [6.07, 6.45) is 2.03. The van der Waals surface area contributed by atoms with E-state index in [4.69, 9.17) is 4.42 Å². The highest BCUT2D eigenvalue weighted by Crippen LogP contribution is 2.28. The van der Waals surface area contributed by atoms with E-state index in [-0.39, 0.29) is 11.7 Å². The number of rotatable bonds is 5. The van der Waals surface area contributed by atoms with E-state index in [9.17, 15) is 4.79 Å². The number of hydrogen-bond donors (Lipinski definition) is 1. The van der Waals surface area contributed by atoms with Crippen LogP contribution in [-0.4, -0.2) is 16.1 Å². The molecule has 0 radical (unpaired) electrons. The maximum atomic E-state index is 12.3. The van der Waals surface area contributed by atoms with Crippen molar-refractivity contribution in [2.75, 3.05) is 5.32 Å². The number of carbonyl (C=O) groups is 1. The lowest BCUT2D eigenvalue weighted by Gasteiger charge is -2.05. The molecule has 2 heterocycles. The van der Waals surface area contributed by atoms with Gasteiger partial charge in [-0.15, -0.1) is 10.2 Å². The number of nitrogens with one attached hydrogen (secondary N) is 1. The summed E-state index contributed by atoms with van der Waals surface area (Å²) < 4.78 is 5.60. The Morgan fingerprint density at radius 3 is 2.78 bits per heavy atom. The molecule has 1 amide bonds. The van der Waals surface area contributed by atoms with Gasteiger partial charge in [-0.1, -0.05) is 36.8 Å². The van der Waals surface area contributed by atoms with Crippen molar-refractivity contribution in [3.8, 4) is 0 Å². The second-order valence-corrected chi connectivity index (χ2v) is 6.57. The highest BCUT2D eigenvalue weighted by molar-refractivity contribution is 7.15. The van der Waals surface area contributed by atoms with Crippen molar-refractivity contribution in [1.29, 1.82) is 0 Å². The van der Waals surface area contributed by atoms with Crippen molar-refractivity contribution >= 4 is 33.3 Å². The maximum Gasteiger partial charge on any atom is 0.293 e. The minimum atomic E-state index is -0.300. The molecule has 0 aliphatic heterocycles. The van der Waals surface area contributed by atoms with Gasteiger partial charge in [0, 0.05) is 11.3 Å². The van der Waals surface area contributed by atoms with Crippen LogP contribution < -0.4 is 5.32 Å². The summed E-state index contributed by atoms with van der Waals surface area (Å²) in [6.45, 7) is 6.27. The average molecular weight is 329 g/mol. The SMILES string of the molecule is CCC(CC)c1nnc(NC(=O)c2cc3cc(C)ccc3o2)s1. The van der Waals surface area contributed by atoms with Crippen LogP contribution >= 0.6 is 11.3 Å². The van der Waals surface area contributed by atoms with Crippen LogP contribution in [0.15, 0.2) is 28.7 Å². The van der Waals surface area contributed by atoms with E-state index in [2.05, 4.69) is 29.4 Å². The third-order valence-electron chi connectivity index (χ3n) is 3.89. The van der Waals surface area contributed by atoms with Gasteiger partial charge in [0.2, 0.25) is 5.13 Å². The van der Waals surface area contributed by atoms with Gasteiger partial charge in [0.15, 0.2) is 5.76 Å². The molecule has 3 aromatic rings. The summed E-state index contributed by atoms with van der Waals surface area (Å²) in [5.41, 5.74) is 1.83. The smallest absolute Gasteiger partial charge is 0.293 e. The number of benzene rings is 1. The monoisotopic (exact) mass is 329 g/mol. The molecule has 0 atom stereocenters. The molecule has 0 saturated heterocycles. The fourth-order valence-corrected chi connectivity index (χ4v) is 3.53. The fourth-order valence-electron chi connectivity index (χ4n) is 2.52. The molecule has 0 bridgehead atoms. The molecule has 0 spiro atoms. The summed E-state index contributed by atoms with van der Waals surface area (Å²) >= 11 is 1.43. The second kappa shape index (κ2) is 6.50. The Balaban J connectivity index is 1.78. The number of carbonyl (C=O) groups excluding carboxylic acids is 1. The van der Waals surface area contributed by atoms with E-state index >= 15 is 0 Å². The number of aromatic nitrogens is 2. The lowest BCUT2D eigenvalue weighted by Crippen LogP contribution is -2.10. The third-order valence-corrected chi connectivity index (χ3v) is 4.89. The molecular weight excluding hydrogens is 310 g/mol. The minimum Gasteiger partial charge on any atom is -0.451 e. The highest BCUT2D eigenvalue weighted by atomic mass is 32.1. The van der Waals surface area contributed by atoms with Crippen LogP contribution in [0.1, 0.15) is 53.7 Å². The zero-order valence-corrected chi connectivity index (χ0v) is 14.2. The number of hydrogen-bond acceptors (Lipinski definition) is 5. The molecule has 5 nitrogen and oxygen atoms in total. The standard InChI is InChI=1S/C17H19N3O2S/c1-4-11(5-2)16-19-20-17(23-16)18-15(21)14-9-12-8-10(3)6-7-13(12)22-14/h6-9,11H,4-5H2,1-3H3,(H,18,20,21). The molecule has 23 heavy (non-hydrogen) atoms. The van der Waals surface area contributed by atoms with Crippen molar-refractivity contribution in [2.45, 2.75) is 39.5 Å². The number of aryl methyl sites for hydroxylation is 1. The first kappa shape index (κ1) is 15.7. The van der Waals surface area contributed by atoms with E-state index in [1.807, 2.05) is 25.1 Å². The Morgan fingerprint density at radius 1 is 1.26 bits per heavy atom. The average Bonchev–Trinajstić information content (AvgIpc) is 3.15. The van der Waals surface area contributed by atoms with Crippen LogP contribution in [0.5, 0.6) is 0 Å². The van der Waals surface area contributed by atoms with Crippen LogP contribution in [0.3, 0.4) is 0 Å². The third kappa shape index (κ3) is 3.27. The highest BCUT2D eigenvalue weighted by Gasteiger charge is 2.17. The summed E-state index contributed by atoms with van der Waals surface area (Å²) in [7, 11) is 0. The van der Waals surface area contributed by atoms with Crippen molar-refractivity contribution in [2.24, 2.45) is 0 Å². The molecule has 0 aliphatic carbocycles. The van der Waals surface area contributed by atoms with Crippen LogP contribution in [0, 0.1) is 6.92 Å². The summed E-state index contributed by atoms with van der Waals surface area (Å²) in [5, 5.41) is 13.4. The fraction of sp³-hybridized carbons (Fsp3) is 0.353. The van der Waals surface area contributed by atoms with Crippen LogP contribution in [-0.2, 0) is 0 Å². The van der Waals surface area contributed by atoms with Crippen molar-refractivity contribution in [3.63, 3.8) is 0 Å². The van der Waals surface area contributed by atoms with E-state index in [1.54, 1.807) is 6.07 Å². The normalized spacial score (nSPS) is 11.3. The number of anilines is 1. The molecule has 3 rings (SSSR count). The largest absolute Gasteiger partial charge is 0.451 e. The molecule has 6 heteroatoms. The Bertz CT molecular complexity index is 833. The Kier molecular flexibility index (Phi) is 4.43. The van der Waals surface area contributed by atoms with E-state index in [0.717, 1.165) is 28.8 Å². The van der Waals surface area contributed by atoms with Gasteiger partial charge in [-0.3, -0.25) is 10.1 Å². The van der Waals surface area contributed by atoms with Gasteiger partial charge in [-0.2, -0.15) is 0 Å². The zero-order valence-electron chi connectivity index (χ0n) is 13.4. The molecule has 0 unspecified atom stereocenters. The zero-order chi connectivity index (χ0) is 16.4. The molecule has 0 saturated carbocycles. The first-order valence-corrected chi connectivity index (χ1v) is 8.57. The number of nitrogens with zero attached hydrogens (tertiary/aromatic N) is 2. The molecule has 1 N–H and O–H groups in total. The van der Waals surface area contributed by atoms with Gasteiger partial charge in [-0.25, -0.2) is 0 Å². The van der Waals surface area contributed by atoms with Gasteiger partial charge in [0.25, 0.3) is 5.91 Å². The van der Waals surface area contributed by atoms with Crippen LogP contribution in [0.2, 0.25) is 0 Å². The molecule has 0 fully saturated rings. The summed E-state index contributed by atoms with van der Waals surface area (Å²) in [5.74, 6) is 0.378. The predicted octanol–water partition coefficient (Wildman–Crippen LogP) is 4.75. The van der Waals surface area contributed by atoms with Crippen molar-refractivity contribution in [1.82, 2.24) is 10.2 Å². The van der Waals surface area contributed by atoms with Gasteiger partial charge >= 0.3 is 0 Å². The number of amides is 1. The Labute approximate surface area is 138 Å². The first-order chi connectivity index (χ1) is 11.1. The topological polar surface area (TPSA) is 68.0 Å². The van der Waals surface area contributed by atoms with Crippen molar-refractivity contribution in [3.05, 3.63) is 40.6 Å². The minimum absolute atomic E-state index is 0.282. The van der Waals surface area contributed by atoms with E-state index in [0.29, 0.717) is 16.6 Å². The lowest BCUT2D eigenvalue weighted by atomic mass is 10.1. The van der Waals surface area contributed by atoms with Crippen LogP contribution in [0.4, 0.5) is 5.13 Å². The second-order valence-electron chi connectivity index (χ2n) is 5.56. The van der Waals surface area contributed by atoms with E-state index in [1.165, 1.54) is 11.3 Å². The molecule has 120 valence electrons. The van der Waals surface area contributed by atoms with Gasteiger partial charge < -0.3 is 4.42 Å². The number of fused-ring (bicyclic) bond motifs is 1. The Hall–Kier alpha value is -2.21. The summed E-state index contributed by atoms with van der Waals surface area (Å²) in [6, 6.07) is 7.57. The van der Waals surface area contributed by atoms with Gasteiger partial charge in [-0.05, 0) is 38.0 Å². The van der Waals surface area contributed by atoms with Gasteiger partial charge in [0.1, 0.15) is 10.6 Å². The maximum absolute atomic E-state index is 12.3. The Morgan fingerprint density at radius 2 is 2.04 bits per heavy atom. The molecule has 2 aromatic heterocycles. The lowest BCUT2D eigenvalue weighted by molar-refractivity contribution is 0.0998. The van der Waals surface area contributed by atoms with E-state index < -0.39 is 0 Å². The number of furan rings is 1. The van der Waals surface area contributed by atoms with Gasteiger partial charge in [0.05, 0.1) is 0 Å². The quantitative estimate of drug-likeness (QED) is 0.733.